The Morgan fingerprint density at radius 1 is 1.10 bits per heavy atom. The van der Waals surface area contributed by atoms with Gasteiger partial charge in [0, 0.05) is 17.8 Å². The molecule has 1 atom stereocenters. The van der Waals surface area contributed by atoms with Gasteiger partial charge in [0.25, 0.3) is 0 Å². The minimum atomic E-state index is -0.473. The van der Waals surface area contributed by atoms with Crippen LogP contribution in [0, 0.1) is 5.82 Å². The molecule has 4 aromatic rings. The van der Waals surface area contributed by atoms with E-state index in [1.165, 1.54) is 29.8 Å². The number of carbonyl (C=O) groups excluding carboxylic acids is 1. The fraction of sp³-hybridized carbons (Fsp3) is 0.136. The van der Waals surface area contributed by atoms with Crippen LogP contribution in [0.1, 0.15) is 11.1 Å². The maximum absolute atomic E-state index is 13.3. The predicted octanol–water partition coefficient (Wildman–Crippen LogP) is 3.91. The molecule has 0 saturated carbocycles. The van der Waals surface area contributed by atoms with E-state index in [0.29, 0.717) is 18.8 Å². The number of carbonyl (C=O) groups is 1. The van der Waals surface area contributed by atoms with Crippen LogP contribution in [0.2, 0.25) is 0 Å². The van der Waals surface area contributed by atoms with Crippen molar-refractivity contribution in [2.24, 2.45) is 5.73 Å². The maximum Gasteiger partial charge on any atom is 0.240 e. The lowest BCUT2D eigenvalue weighted by molar-refractivity contribution is -0.119. The summed E-state index contributed by atoms with van der Waals surface area (Å²) in [6.45, 7) is 0.555. The topological polar surface area (TPSA) is 72.1 Å². The van der Waals surface area contributed by atoms with Gasteiger partial charge in [0.05, 0.1) is 10.2 Å². The Morgan fingerprint density at radius 2 is 1.86 bits per heavy atom. The molecule has 0 bridgehead atoms. The van der Waals surface area contributed by atoms with Crippen LogP contribution in [-0.4, -0.2) is 21.9 Å². The summed E-state index contributed by atoms with van der Waals surface area (Å²) < 4.78 is 14.2. The molecule has 29 heavy (non-hydrogen) atoms. The molecule has 2 aromatic heterocycles. The number of nitrogens with zero attached hydrogens (tertiary/aromatic N) is 3. The van der Waals surface area contributed by atoms with Crippen molar-refractivity contribution in [3.05, 3.63) is 77.9 Å². The second kappa shape index (κ2) is 6.93. The summed E-state index contributed by atoms with van der Waals surface area (Å²) in [5, 5.41) is 0. The molecule has 0 fully saturated rings. The van der Waals surface area contributed by atoms with E-state index in [1.807, 2.05) is 29.2 Å². The van der Waals surface area contributed by atoms with Crippen LogP contribution in [0.15, 0.2) is 60.9 Å². The fourth-order valence-electron chi connectivity index (χ4n) is 3.80. The van der Waals surface area contributed by atoms with Crippen molar-refractivity contribution in [1.82, 2.24) is 9.97 Å². The van der Waals surface area contributed by atoms with E-state index in [-0.39, 0.29) is 11.7 Å². The summed E-state index contributed by atoms with van der Waals surface area (Å²) >= 11 is 1.53. The van der Waals surface area contributed by atoms with Crippen molar-refractivity contribution in [1.29, 1.82) is 0 Å². The van der Waals surface area contributed by atoms with Crippen molar-refractivity contribution < 1.29 is 9.18 Å². The van der Waals surface area contributed by atoms with Crippen molar-refractivity contribution in [3.8, 4) is 10.4 Å². The lowest BCUT2D eigenvalue weighted by atomic mass is 9.93. The summed E-state index contributed by atoms with van der Waals surface area (Å²) in [4.78, 5) is 24.1. The van der Waals surface area contributed by atoms with Crippen molar-refractivity contribution in [3.63, 3.8) is 0 Å². The van der Waals surface area contributed by atoms with Crippen molar-refractivity contribution in [2.45, 2.75) is 19.0 Å². The monoisotopic (exact) mass is 404 g/mol. The summed E-state index contributed by atoms with van der Waals surface area (Å²) in [7, 11) is 0. The standard InChI is InChI=1S/C22H17FN4OS/c23-16-7-5-13(6-8-16)19-10-17-20(29-19)22(26-12-25-17)27-11-15-4-2-1-3-14(15)9-18(27)21(24)28/h1-8,10,12,18H,9,11H2,(H2,24,28)/t18-/m0/s1. The molecule has 144 valence electrons. The smallest absolute Gasteiger partial charge is 0.240 e. The van der Waals surface area contributed by atoms with Gasteiger partial charge in [0.1, 0.15) is 18.2 Å². The molecule has 2 N–H and O–H groups in total. The second-order valence-electron chi connectivity index (χ2n) is 7.05. The third kappa shape index (κ3) is 3.13. The zero-order valence-corrected chi connectivity index (χ0v) is 16.2. The second-order valence-corrected chi connectivity index (χ2v) is 8.10. The SMILES string of the molecule is NC(=O)[C@@H]1Cc2ccccc2CN1c1ncnc2cc(-c3ccc(F)cc3)sc12. The van der Waals surface area contributed by atoms with E-state index in [2.05, 4.69) is 16.0 Å². The Kier molecular flexibility index (Phi) is 4.24. The summed E-state index contributed by atoms with van der Waals surface area (Å²) in [5.74, 6) is 0.0554. The maximum atomic E-state index is 13.3. The normalized spacial score (nSPS) is 16.0. The molecule has 0 saturated heterocycles. The molecule has 3 heterocycles. The highest BCUT2D eigenvalue weighted by Crippen LogP contribution is 2.39. The molecule has 0 radical (unpaired) electrons. The largest absolute Gasteiger partial charge is 0.368 e. The molecular formula is C22H17FN4OS. The molecule has 2 aromatic carbocycles. The highest BCUT2D eigenvalue weighted by Gasteiger charge is 2.32. The third-order valence-corrected chi connectivity index (χ3v) is 6.44. The van der Waals surface area contributed by atoms with E-state index in [0.717, 1.165) is 31.8 Å². The molecule has 7 heteroatoms. The number of anilines is 1. The summed E-state index contributed by atoms with van der Waals surface area (Å²) in [6.07, 6.45) is 2.06. The number of fused-ring (bicyclic) bond motifs is 2. The molecular weight excluding hydrogens is 387 g/mol. The van der Waals surface area contributed by atoms with Crippen LogP contribution in [0.25, 0.3) is 20.7 Å². The molecule has 1 amide bonds. The molecule has 5 nitrogen and oxygen atoms in total. The third-order valence-electron chi connectivity index (χ3n) is 5.27. The Labute approximate surface area is 170 Å². The highest BCUT2D eigenvalue weighted by atomic mass is 32.1. The summed E-state index contributed by atoms with van der Waals surface area (Å²) in [6, 6.07) is 15.9. The number of benzene rings is 2. The van der Waals surface area contributed by atoms with Crippen LogP contribution >= 0.6 is 11.3 Å². The van der Waals surface area contributed by atoms with Gasteiger partial charge in [-0.3, -0.25) is 4.79 Å². The number of hydrogen-bond acceptors (Lipinski definition) is 5. The van der Waals surface area contributed by atoms with Crippen LogP contribution in [-0.2, 0) is 17.8 Å². The first kappa shape index (κ1) is 17.8. The highest BCUT2D eigenvalue weighted by molar-refractivity contribution is 7.22. The van der Waals surface area contributed by atoms with Crippen molar-refractivity contribution >= 4 is 33.3 Å². The molecule has 0 unspecified atom stereocenters. The van der Waals surface area contributed by atoms with Crippen molar-refractivity contribution in [2.75, 3.05) is 4.90 Å². The van der Waals surface area contributed by atoms with E-state index in [9.17, 15) is 9.18 Å². The Morgan fingerprint density at radius 3 is 2.62 bits per heavy atom. The number of thiophene rings is 1. The van der Waals surface area contributed by atoms with Crippen LogP contribution < -0.4 is 10.6 Å². The number of aromatic nitrogens is 2. The van der Waals surface area contributed by atoms with E-state index in [1.54, 1.807) is 12.1 Å². The van der Waals surface area contributed by atoms with Gasteiger partial charge in [-0.15, -0.1) is 11.3 Å². The quantitative estimate of drug-likeness (QED) is 0.562. The van der Waals surface area contributed by atoms with Crippen LogP contribution in [0.4, 0.5) is 10.2 Å². The summed E-state index contributed by atoms with van der Waals surface area (Å²) in [5.41, 5.74) is 9.75. The Balaban J connectivity index is 1.62. The molecule has 0 aliphatic carbocycles. The fourth-order valence-corrected chi connectivity index (χ4v) is 4.92. The number of rotatable bonds is 3. The van der Waals surface area contributed by atoms with Gasteiger partial charge < -0.3 is 10.6 Å². The zero-order chi connectivity index (χ0) is 20.0. The number of hydrogen-bond donors (Lipinski definition) is 1. The van der Waals surface area contributed by atoms with E-state index >= 15 is 0 Å². The number of nitrogens with two attached hydrogens (primary N) is 1. The van der Waals surface area contributed by atoms with E-state index < -0.39 is 6.04 Å². The lowest BCUT2D eigenvalue weighted by Gasteiger charge is -2.36. The van der Waals surface area contributed by atoms with Gasteiger partial charge in [-0.05, 0) is 34.9 Å². The van der Waals surface area contributed by atoms with Crippen LogP contribution in [0.5, 0.6) is 0 Å². The molecule has 0 spiro atoms. The van der Waals surface area contributed by atoms with Gasteiger partial charge >= 0.3 is 0 Å². The van der Waals surface area contributed by atoms with Gasteiger partial charge in [-0.25, -0.2) is 14.4 Å². The number of halogens is 1. The van der Waals surface area contributed by atoms with Crippen LogP contribution in [0.3, 0.4) is 0 Å². The van der Waals surface area contributed by atoms with Gasteiger partial charge in [0.2, 0.25) is 5.91 Å². The number of amides is 1. The first-order valence-corrected chi connectivity index (χ1v) is 10.0. The zero-order valence-electron chi connectivity index (χ0n) is 15.4. The molecule has 1 aliphatic rings. The molecule has 5 rings (SSSR count). The minimum Gasteiger partial charge on any atom is -0.368 e. The van der Waals surface area contributed by atoms with Gasteiger partial charge in [-0.2, -0.15) is 0 Å². The predicted molar refractivity (Wildman–Crippen MR) is 112 cm³/mol. The van der Waals surface area contributed by atoms with Gasteiger partial charge in [0.15, 0.2) is 5.82 Å². The lowest BCUT2D eigenvalue weighted by Crippen LogP contribution is -2.49. The average Bonchev–Trinajstić information content (AvgIpc) is 3.17. The number of primary amides is 1. The Hall–Kier alpha value is -3.32. The minimum absolute atomic E-state index is 0.272. The van der Waals surface area contributed by atoms with Gasteiger partial charge in [-0.1, -0.05) is 36.4 Å². The Bertz CT molecular complexity index is 1220. The molecule has 1 aliphatic heterocycles. The van der Waals surface area contributed by atoms with E-state index in [4.69, 9.17) is 5.73 Å². The average molecular weight is 404 g/mol. The first-order chi connectivity index (χ1) is 14.1. The first-order valence-electron chi connectivity index (χ1n) is 9.23.